The summed E-state index contributed by atoms with van der Waals surface area (Å²) in [6.07, 6.45) is -3.34. The Morgan fingerprint density at radius 3 is 2.52 bits per heavy atom. The molecule has 0 saturated heterocycles. The number of halogens is 3. The summed E-state index contributed by atoms with van der Waals surface area (Å²) in [7, 11) is 0. The molecule has 1 aliphatic carbocycles. The Bertz CT molecular complexity index is 609. The van der Waals surface area contributed by atoms with Crippen LogP contribution in [0, 0.1) is 5.41 Å². The first-order valence-corrected chi connectivity index (χ1v) is 7.31. The van der Waals surface area contributed by atoms with Crippen LogP contribution in [0.3, 0.4) is 0 Å². The van der Waals surface area contributed by atoms with Crippen LogP contribution in [0.2, 0.25) is 0 Å². The standard InChI is InChI=1S/C16H18F3NO3/c1-10(11-3-2-4-12(8-11)16(17,18)19)7-13(21)20-9-15(5-6-15)14(22)23/h2-4,8,10H,5-7,9H2,1H3,(H,20,21)(H,22,23). The van der Waals surface area contributed by atoms with Gasteiger partial charge in [0.1, 0.15) is 0 Å². The Morgan fingerprint density at radius 2 is 2.00 bits per heavy atom. The van der Waals surface area contributed by atoms with E-state index in [9.17, 15) is 22.8 Å². The number of rotatable bonds is 6. The number of benzene rings is 1. The summed E-state index contributed by atoms with van der Waals surface area (Å²) in [5.74, 6) is -1.68. The van der Waals surface area contributed by atoms with Crippen molar-refractivity contribution in [3.05, 3.63) is 35.4 Å². The molecule has 0 bridgehead atoms. The lowest BCUT2D eigenvalue weighted by atomic mass is 9.95. The van der Waals surface area contributed by atoms with Crippen LogP contribution in [-0.2, 0) is 15.8 Å². The highest BCUT2D eigenvalue weighted by molar-refractivity contribution is 5.81. The number of hydrogen-bond acceptors (Lipinski definition) is 2. The minimum absolute atomic E-state index is 0.0109. The first-order valence-electron chi connectivity index (χ1n) is 7.31. The zero-order valence-electron chi connectivity index (χ0n) is 12.6. The van der Waals surface area contributed by atoms with E-state index >= 15 is 0 Å². The van der Waals surface area contributed by atoms with Crippen LogP contribution in [0.15, 0.2) is 24.3 Å². The van der Waals surface area contributed by atoms with Gasteiger partial charge in [0.15, 0.2) is 0 Å². The first-order chi connectivity index (χ1) is 10.6. The van der Waals surface area contributed by atoms with Gasteiger partial charge in [0.2, 0.25) is 5.91 Å². The predicted octanol–water partition coefficient (Wildman–Crippen LogP) is 3.18. The zero-order valence-corrected chi connectivity index (χ0v) is 12.6. The van der Waals surface area contributed by atoms with E-state index in [-0.39, 0.29) is 18.9 Å². The van der Waals surface area contributed by atoms with Gasteiger partial charge in [-0.1, -0.05) is 25.1 Å². The molecule has 1 unspecified atom stereocenters. The SMILES string of the molecule is CC(CC(=O)NCC1(C(=O)O)CC1)c1cccc(C(F)(F)F)c1. The van der Waals surface area contributed by atoms with Gasteiger partial charge in [-0.25, -0.2) is 0 Å². The maximum Gasteiger partial charge on any atom is 0.416 e. The van der Waals surface area contributed by atoms with Crippen molar-refractivity contribution < 1.29 is 27.9 Å². The quantitative estimate of drug-likeness (QED) is 0.842. The van der Waals surface area contributed by atoms with Gasteiger partial charge in [0.25, 0.3) is 0 Å². The van der Waals surface area contributed by atoms with Gasteiger partial charge in [0, 0.05) is 13.0 Å². The summed E-state index contributed by atoms with van der Waals surface area (Å²) in [5.41, 5.74) is -1.17. The minimum Gasteiger partial charge on any atom is -0.481 e. The highest BCUT2D eigenvalue weighted by atomic mass is 19.4. The molecular weight excluding hydrogens is 311 g/mol. The van der Waals surface area contributed by atoms with Crippen molar-refractivity contribution in [3.63, 3.8) is 0 Å². The fourth-order valence-electron chi connectivity index (χ4n) is 2.37. The second-order valence-corrected chi connectivity index (χ2v) is 6.09. The Hall–Kier alpha value is -2.05. The van der Waals surface area contributed by atoms with E-state index < -0.39 is 29.0 Å². The maximum absolute atomic E-state index is 12.7. The lowest BCUT2D eigenvalue weighted by Crippen LogP contribution is -2.34. The largest absolute Gasteiger partial charge is 0.481 e. The molecule has 23 heavy (non-hydrogen) atoms. The van der Waals surface area contributed by atoms with Gasteiger partial charge in [-0.3, -0.25) is 9.59 Å². The minimum atomic E-state index is -4.42. The van der Waals surface area contributed by atoms with Crippen LogP contribution >= 0.6 is 0 Å². The fraction of sp³-hybridized carbons (Fsp3) is 0.500. The predicted molar refractivity (Wildman–Crippen MR) is 76.8 cm³/mol. The van der Waals surface area contributed by atoms with Gasteiger partial charge >= 0.3 is 12.1 Å². The molecule has 7 heteroatoms. The van der Waals surface area contributed by atoms with Crippen LogP contribution in [0.25, 0.3) is 0 Å². The maximum atomic E-state index is 12.7. The number of carbonyl (C=O) groups excluding carboxylic acids is 1. The lowest BCUT2D eigenvalue weighted by Gasteiger charge is -2.16. The molecule has 1 aromatic carbocycles. The van der Waals surface area contributed by atoms with Gasteiger partial charge in [-0.2, -0.15) is 13.2 Å². The van der Waals surface area contributed by atoms with Crippen LogP contribution in [0.5, 0.6) is 0 Å². The first kappa shape index (κ1) is 17.3. The molecule has 2 N–H and O–H groups in total. The Morgan fingerprint density at radius 1 is 1.35 bits per heavy atom. The lowest BCUT2D eigenvalue weighted by molar-refractivity contribution is -0.143. The molecule has 1 atom stereocenters. The Kier molecular flexibility index (Phi) is 4.68. The molecule has 0 spiro atoms. The molecule has 126 valence electrons. The Labute approximate surface area is 131 Å². The van der Waals surface area contributed by atoms with Crippen molar-refractivity contribution in [2.24, 2.45) is 5.41 Å². The van der Waals surface area contributed by atoms with Gasteiger partial charge in [-0.05, 0) is 30.4 Å². The average molecular weight is 329 g/mol. The number of carboxylic acid groups (broad SMARTS) is 1. The van der Waals surface area contributed by atoms with Crippen LogP contribution < -0.4 is 5.32 Å². The number of alkyl halides is 3. The monoisotopic (exact) mass is 329 g/mol. The van der Waals surface area contributed by atoms with E-state index in [1.54, 1.807) is 13.0 Å². The number of hydrogen-bond donors (Lipinski definition) is 2. The highest BCUT2D eigenvalue weighted by Gasteiger charge is 2.50. The second kappa shape index (κ2) is 6.22. The van der Waals surface area contributed by atoms with E-state index in [2.05, 4.69) is 5.32 Å². The van der Waals surface area contributed by atoms with Crippen LogP contribution in [0.4, 0.5) is 13.2 Å². The number of carboxylic acids is 1. The molecule has 1 amide bonds. The van der Waals surface area contributed by atoms with E-state index in [0.29, 0.717) is 18.4 Å². The van der Waals surface area contributed by atoms with E-state index in [1.165, 1.54) is 6.07 Å². The summed E-state index contributed by atoms with van der Waals surface area (Å²) < 4.78 is 38.1. The summed E-state index contributed by atoms with van der Waals surface area (Å²) in [5, 5.41) is 11.6. The molecule has 1 saturated carbocycles. The molecule has 0 radical (unpaired) electrons. The van der Waals surface area contributed by atoms with E-state index in [4.69, 9.17) is 5.11 Å². The van der Waals surface area contributed by atoms with Crippen molar-refractivity contribution in [3.8, 4) is 0 Å². The number of nitrogens with one attached hydrogen (secondary N) is 1. The third kappa shape index (κ3) is 4.24. The average Bonchev–Trinajstić information content (AvgIpc) is 3.25. The molecule has 0 aliphatic heterocycles. The number of amides is 1. The van der Waals surface area contributed by atoms with Crippen molar-refractivity contribution in [1.82, 2.24) is 5.32 Å². The molecule has 1 fully saturated rings. The Balaban J connectivity index is 1.92. The molecular formula is C16H18F3NO3. The topological polar surface area (TPSA) is 66.4 Å². The van der Waals surface area contributed by atoms with Crippen molar-refractivity contribution >= 4 is 11.9 Å². The molecule has 1 aromatic rings. The van der Waals surface area contributed by atoms with Gasteiger partial charge < -0.3 is 10.4 Å². The number of aliphatic carboxylic acids is 1. The molecule has 0 aromatic heterocycles. The fourth-order valence-corrected chi connectivity index (χ4v) is 2.37. The second-order valence-electron chi connectivity index (χ2n) is 6.09. The van der Waals surface area contributed by atoms with Crippen molar-refractivity contribution in [2.45, 2.75) is 38.3 Å². The summed E-state index contributed by atoms with van der Waals surface area (Å²) in [4.78, 5) is 22.9. The van der Waals surface area contributed by atoms with Crippen molar-refractivity contribution in [2.75, 3.05) is 6.54 Å². The van der Waals surface area contributed by atoms with Crippen molar-refractivity contribution in [1.29, 1.82) is 0 Å². The molecule has 4 nitrogen and oxygen atoms in total. The summed E-state index contributed by atoms with van der Waals surface area (Å²) >= 11 is 0. The zero-order chi connectivity index (χ0) is 17.3. The van der Waals surface area contributed by atoms with Crippen LogP contribution in [0.1, 0.15) is 43.2 Å². The van der Waals surface area contributed by atoms with E-state index in [1.807, 2.05) is 0 Å². The van der Waals surface area contributed by atoms with E-state index in [0.717, 1.165) is 12.1 Å². The smallest absolute Gasteiger partial charge is 0.416 e. The van der Waals surface area contributed by atoms with Gasteiger partial charge in [-0.15, -0.1) is 0 Å². The third-order valence-electron chi connectivity index (χ3n) is 4.21. The molecule has 0 heterocycles. The highest BCUT2D eigenvalue weighted by Crippen LogP contribution is 2.45. The van der Waals surface area contributed by atoms with Gasteiger partial charge in [0.05, 0.1) is 11.0 Å². The third-order valence-corrected chi connectivity index (χ3v) is 4.21. The van der Waals surface area contributed by atoms with Crippen LogP contribution in [-0.4, -0.2) is 23.5 Å². The molecule has 2 rings (SSSR count). The summed E-state index contributed by atoms with van der Waals surface area (Å²) in [6.45, 7) is 1.73. The number of carbonyl (C=O) groups is 2. The molecule has 1 aliphatic rings. The normalized spacial score (nSPS) is 17.4. The summed E-state index contributed by atoms with van der Waals surface area (Å²) in [6, 6.07) is 4.89.